The van der Waals surface area contributed by atoms with Gasteiger partial charge in [0.05, 0.1) is 0 Å². The zero-order chi connectivity index (χ0) is 11.5. The number of nitrogens with zero attached hydrogens (tertiary/aromatic N) is 1. The molecule has 0 aliphatic carbocycles. The molecule has 2 aliphatic rings. The van der Waals surface area contributed by atoms with E-state index in [-0.39, 0.29) is 23.3 Å². The van der Waals surface area contributed by atoms with Gasteiger partial charge in [0.15, 0.2) is 0 Å². The maximum atomic E-state index is 5.48. The van der Waals surface area contributed by atoms with Crippen LogP contribution in [0.25, 0.3) is 0 Å². The summed E-state index contributed by atoms with van der Waals surface area (Å²) in [6, 6.07) is 4.20. The molecule has 3 rings (SSSR count). The predicted octanol–water partition coefficient (Wildman–Crippen LogP) is -1.14. The van der Waals surface area contributed by atoms with Crippen molar-refractivity contribution in [3.05, 3.63) is 40.5 Å². The van der Waals surface area contributed by atoms with E-state index < -0.39 is 0 Å². The summed E-state index contributed by atoms with van der Waals surface area (Å²) in [4.78, 5) is 2.29. The fourth-order valence-electron chi connectivity index (χ4n) is 1.85. The van der Waals surface area contributed by atoms with E-state index in [1.165, 1.54) is 5.32 Å². The zero-order valence-electron chi connectivity index (χ0n) is 9.70. The van der Waals surface area contributed by atoms with Gasteiger partial charge >= 0.3 is 111 Å². The van der Waals surface area contributed by atoms with Crippen molar-refractivity contribution in [3.8, 4) is 0 Å². The number of thioether (sulfide) groups is 1. The van der Waals surface area contributed by atoms with Gasteiger partial charge in [0.25, 0.3) is 0 Å². The fraction of sp³-hybridized carbons (Fsp3) is 0.417. The average molecular weight is 395 g/mol. The second-order valence-electron chi connectivity index (χ2n) is 3.85. The first-order chi connectivity index (χ1) is 8.43. The molecule has 0 spiro atoms. The third-order valence-corrected chi connectivity index (χ3v) is 6.37. The Labute approximate surface area is 128 Å². The van der Waals surface area contributed by atoms with Crippen molar-refractivity contribution in [1.29, 1.82) is 0 Å². The molecule has 0 radical (unpaired) electrons. The Hall–Kier alpha value is 0.159. The summed E-state index contributed by atoms with van der Waals surface area (Å²) in [5.74, 6) is 0. The van der Waals surface area contributed by atoms with E-state index in [2.05, 4.69) is 39.5 Å². The summed E-state index contributed by atoms with van der Waals surface area (Å²) in [6.07, 6.45) is 4.10. The van der Waals surface area contributed by atoms with E-state index >= 15 is 0 Å². The average Bonchev–Trinajstić information content (AvgIpc) is 2.94. The summed E-state index contributed by atoms with van der Waals surface area (Å²) >= 11 is 2.54. The standard InChI is InChI=1S/C12H14NO2SSe.BrH/c1-3-13(11-9-17-8-7-16-11)4-2-10(1)12-14-5-6-15-12;/h1-4,7-8,11-12H,5-6,9H2;1H/q+1;/p-1. The van der Waals surface area contributed by atoms with Crippen molar-refractivity contribution >= 4 is 26.7 Å². The van der Waals surface area contributed by atoms with Crippen LogP contribution in [0.5, 0.6) is 0 Å². The minimum atomic E-state index is -0.159. The number of aromatic nitrogens is 1. The summed E-state index contributed by atoms with van der Waals surface area (Å²) in [5, 5.41) is 4.03. The molecule has 0 bridgehead atoms. The van der Waals surface area contributed by atoms with Crippen LogP contribution >= 0.6 is 11.8 Å². The van der Waals surface area contributed by atoms with Gasteiger partial charge in [-0.3, -0.25) is 0 Å². The molecule has 1 unspecified atom stereocenters. The summed E-state index contributed by atoms with van der Waals surface area (Å²) in [5.41, 5.74) is 1.11. The molecule has 18 heavy (non-hydrogen) atoms. The molecular formula is C12H14BrNO2SSe. The van der Waals surface area contributed by atoms with Crippen LogP contribution in [-0.4, -0.2) is 28.2 Å². The molecule has 0 N–H and O–H groups in total. The molecule has 2 aliphatic heterocycles. The Morgan fingerprint density at radius 2 is 1.94 bits per heavy atom. The molecule has 3 heterocycles. The molecular weight excluding hydrogens is 381 g/mol. The van der Waals surface area contributed by atoms with Crippen LogP contribution in [0.3, 0.4) is 0 Å². The van der Waals surface area contributed by atoms with Crippen LogP contribution in [0.1, 0.15) is 17.2 Å². The Morgan fingerprint density at radius 3 is 2.56 bits per heavy atom. The maximum absolute atomic E-state index is 5.48. The van der Waals surface area contributed by atoms with Crippen LogP contribution in [0.4, 0.5) is 0 Å². The predicted molar refractivity (Wildman–Crippen MR) is 67.6 cm³/mol. The van der Waals surface area contributed by atoms with E-state index in [0.29, 0.717) is 33.5 Å². The van der Waals surface area contributed by atoms with Gasteiger partial charge in [-0.1, -0.05) is 0 Å². The topological polar surface area (TPSA) is 22.3 Å². The molecule has 1 saturated heterocycles. The van der Waals surface area contributed by atoms with Crippen LogP contribution in [0.2, 0.25) is 5.32 Å². The Morgan fingerprint density at radius 1 is 1.22 bits per heavy atom. The SMILES string of the molecule is C1=C[Se]CC([n+]2ccc(C3OCCO3)cc2)S1.[Br-]. The smallest absolute Gasteiger partial charge is 1.00 e. The zero-order valence-corrected chi connectivity index (χ0v) is 13.8. The molecule has 0 saturated carbocycles. The van der Waals surface area contributed by atoms with Gasteiger partial charge in [0.2, 0.25) is 0 Å². The van der Waals surface area contributed by atoms with Gasteiger partial charge in [-0.2, -0.15) is 0 Å². The normalized spacial score (nSPS) is 23.9. The van der Waals surface area contributed by atoms with Crippen LogP contribution < -0.4 is 21.5 Å². The number of ether oxygens (including phenoxy) is 2. The van der Waals surface area contributed by atoms with E-state index in [1.54, 1.807) is 0 Å². The van der Waals surface area contributed by atoms with Gasteiger partial charge in [-0.15, -0.1) is 0 Å². The molecule has 1 aromatic rings. The van der Waals surface area contributed by atoms with E-state index in [4.69, 9.17) is 9.47 Å². The second-order valence-corrected chi connectivity index (χ2v) is 6.91. The summed E-state index contributed by atoms with van der Waals surface area (Å²) < 4.78 is 13.2. The Balaban J connectivity index is 0.00000120. The minimum Gasteiger partial charge on any atom is -1.00 e. The quantitative estimate of drug-likeness (QED) is 0.467. The van der Waals surface area contributed by atoms with Gasteiger partial charge in [-0.05, 0) is 0 Å². The number of hydrogen-bond donors (Lipinski definition) is 0. The first-order valence-electron chi connectivity index (χ1n) is 5.59. The number of rotatable bonds is 2. The number of hydrogen-bond acceptors (Lipinski definition) is 3. The first kappa shape index (κ1) is 14.6. The largest absolute Gasteiger partial charge is 1.00 e. The molecule has 6 heteroatoms. The fourth-order valence-corrected chi connectivity index (χ4v) is 5.27. The van der Waals surface area contributed by atoms with Gasteiger partial charge in [0.1, 0.15) is 0 Å². The van der Waals surface area contributed by atoms with E-state index in [0.717, 1.165) is 5.56 Å². The molecule has 1 aromatic heterocycles. The molecule has 1 atom stereocenters. The van der Waals surface area contributed by atoms with E-state index in [1.807, 2.05) is 11.8 Å². The third-order valence-electron chi connectivity index (χ3n) is 2.73. The van der Waals surface area contributed by atoms with Crippen LogP contribution in [0, 0.1) is 0 Å². The van der Waals surface area contributed by atoms with Gasteiger partial charge in [-0.25, -0.2) is 0 Å². The molecule has 3 nitrogen and oxygen atoms in total. The van der Waals surface area contributed by atoms with E-state index in [9.17, 15) is 0 Å². The second kappa shape index (κ2) is 7.08. The maximum Gasteiger partial charge on any atom is -1.00 e. The number of halogens is 1. The number of pyridine rings is 1. The Bertz CT molecular complexity index is 409. The molecule has 0 amide bonds. The van der Waals surface area contributed by atoms with Crippen molar-refractivity contribution < 1.29 is 31.0 Å². The van der Waals surface area contributed by atoms with Crippen LogP contribution in [-0.2, 0) is 9.47 Å². The minimum absolute atomic E-state index is 0. The summed E-state index contributed by atoms with van der Waals surface area (Å²) in [7, 11) is 0. The van der Waals surface area contributed by atoms with Crippen molar-refractivity contribution in [3.63, 3.8) is 0 Å². The molecule has 98 valence electrons. The third kappa shape index (κ3) is 3.38. The molecule has 1 fully saturated rings. The van der Waals surface area contributed by atoms with Gasteiger partial charge in [0, 0.05) is 0 Å². The monoisotopic (exact) mass is 395 g/mol. The molecule has 0 aromatic carbocycles. The van der Waals surface area contributed by atoms with Crippen molar-refractivity contribution in [2.75, 3.05) is 13.2 Å². The van der Waals surface area contributed by atoms with Crippen molar-refractivity contribution in [2.45, 2.75) is 17.0 Å². The van der Waals surface area contributed by atoms with Crippen LogP contribution in [0.15, 0.2) is 34.9 Å². The summed E-state index contributed by atoms with van der Waals surface area (Å²) in [6.45, 7) is 1.40. The van der Waals surface area contributed by atoms with Gasteiger partial charge < -0.3 is 17.0 Å². The Kier molecular flexibility index (Phi) is 5.73. The first-order valence-corrected chi connectivity index (χ1v) is 8.74. The van der Waals surface area contributed by atoms with Crippen molar-refractivity contribution in [2.24, 2.45) is 0 Å². The van der Waals surface area contributed by atoms with Crippen molar-refractivity contribution in [1.82, 2.24) is 0 Å².